The van der Waals surface area contributed by atoms with E-state index < -0.39 is 0 Å². The van der Waals surface area contributed by atoms with Gasteiger partial charge < -0.3 is 10.6 Å². The molecule has 2 N–H and O–H groups in total. The first-order valence-electron chi connectivity index (χ1n) is 5.03. The number of rotatable bonds is 5. The fraction of sp³-hybridized carbons (Fsp3) is 0.600. The quantitative estimate of drug-likeness (QED) is 0.743. The zero-order valence-electron chi connectivity index (χ0n) is 9.33. The number of carbonyl (C=O) groups is 1. The summed E-state index contributed by atoms with van der Waals surface area (Å²) < 4.78 is 0. The van der Waals surface area contributed by atoms with Crippen LogP contribution in [-0.4, -0.2) is 30.0 Å². The number of aryl methyl sites for hydroxylation is 1. The molecule has 1 rings (SSSR count). The lowest BCUT2D eigenvalue weighted by molar-refractivity contribution is 0.0957. The van der Waals surface area contributed by atoms with Crippen LogP contribution in [0, 0.1) is 6.92 Å². The van der Waals surface area contributed by atoms with Crippen molar-refractivity contribution in [1.82, 2.24) is 15.6 Å². The smallest absolute Gasteiger partial charge is 0.263 e. The minimum Gasteiger partial charge on any atom is -0.350 e. The van der Waals surface area contributed by atoms with Crippen molar-refractivity contribution >= 4 is 17.2 Å². The standard InChI is InChI=1S/C10H17N3OS/c1-7(2)11-4-5-12-10(14)9-8(3)13-6-15-9/h6-7,11H,4-5H2,1-3H3,(H,12,14). The fourth-order valence-electron chi connectivity index (χ4n) is 1.14. The van der Waals surface area contributed by atoms with Gasteiger partial charge >= 0.3 is 0 Å². The van der Waals surface area contributed by atoms with Crippen molar-refractivity contribution in [3.63, 3.8) is 0 Å². The summed E-state index contributed by atoms with van der Waals surface area (Å²) >= 11 is 1.38. The Morgan fingerprint density at radius 2 is 2.27 bits per heavy atom. The number of hydrogen-bond donors (Lipinski definition) is 2. The van der Waals surface area contributed by atoms with Crippen LogP contribution in [0.2, 0.25) is 0 Å². The van der Waals surface area contributed by atoms with Gasteiger partial charge in [-0.3, -0.25) is 4.79 Å². The van der Waals surface area contributed by atoms with Crippen LogP contribution in [0.5, 0.6) is 0 Å². The maximum absolute atomic E-state index is 11.6. The van der Waals surface area contributed by atoms with E-state index in [0.29, 0.717) is 17.5 Å². The largest absolute Gasteiger partial charge is 0.350 e. The van der Waals surface area contributed by atoms with Crippen molar-refractivity contribution in [3.05, 3.63) is 16.1 Å². The molecular weight excluding hydrogens is 210 g/mol. The molecular formula is C10H17N3OS. The molecule has 0 aliphatic rings. The van der Waals surface area contributed by atoms with Crippen LogP contribution in [0.3, 0.4) is 0 Å². The van der Waals surface area contributed by atoms with Gasteiger partial charge in [-0.2, -0.15) is 0 Å². The van der Waals surface area contributed by atoms with Crippen molar-refractivity contribution in [2.24, 2.45) is 0 Å². The lowest BCUT2D eigenvalue weighted by Gasteiger charge is -2.08. The number of amides is 1. The van der Waals surface area contributed by atoms with Gasteiger partial charge in [-0.15, -0.1) is 11.3 Å². The van der Waals surface area contributed by atoms with E-state index in [1.54, 1.807) is 5.51 Å². The number of nitrogens with one attached hydrogen (secondary N) is 2. The summed E-state index contributed by atoms with van der Waals surface area (Å²) in [7, 11) is 0. The van der Waals surface area contributed by atoms with Crippen LogP contribution >= 0.6 is 11.3 Å². The lowest BCUT2D eigenvalue weighted by atomic mass is 10.3. The van der Waals surface area contributed by atoms with E-state index in [1.807, 2.05) is 6.92 Å². The van der Waals surface area contributed by atoms with Crippen LogP contribution in [0.1, 0.15) is 29.2 Å². The Morgan fingerprint density at radius 3 is 2.80 bits per heavy atom. The Hall–Kier alpha value is -0.940. The molecule has 1 amide bonds. The summed E-state index contributed by atoms with van der Waals surface area (Å²) in [5.74, 6) is -0.0273. The molecule has 1 aromatic heterocycles. The molecule has 0 fully saturated rings. The predicted molar refractivity (Wildman–Crippen MR) is 62.3 cm³/mol. The second kappa shape index (κ2) is 5.82. The van der Waals surface area contributed by atoms with Crippen molar-refractivity contribution in [1.29, 1.82) is 0 Å². The van der Waals surface area contributed by atoms with Gasteiger partial charge in [0.25, 0.3) is 5.91 Å². The van der Waals surface area contributed by atoms with Crippen LogP contribution < -0.4 is 10.6 Å². The molecule has 0 aromatic carbocycles. The first-order valence-corrected chi connectivity index (χ1v) is 5.91. The van der Waals surface area contributed by atoms with Gasteiger partial charge in [-0.25, -0.2) is 4.98 Å². The Labute approximate surface area is 94.1 Å². The second-order valence-corrected chi connectivity index (χ2v) is 4.49. The zero-order valence-corrected chi connectivity index (χ0v) is 10.1. The summed E-state index contributed by atoms with van der Waals surface area (Å²) in [5, 5.41) is 6.08. The Balaban J connectivity index is 2.28. The molecule has 0 radical (unpaired) electrons. The van der Waals surface area contributed by atoms with E-state index in [1.165, 1.54) is 11.3 Å². The van der Waals surface area contributed by atoms with Gasteiger partial charge in [0.2, 0.25) is 0 Å². The highest BCUT2D eigenvalue weighted by atomic mass is 32.1. The average molecular weight is 227 g/mol. The van der Waals surface area contributed by atoms with Gasteiger partial charge in [-0.05, 0) is 6.92 Å². The maximum Gasteiger partial charge on any atom is 0.263 e. The molecule has 5 heteroatoms. The van der Waals surface area contributed by atoms with Crippen LogP contribution in [0.25, 0.3) is 0 Å². The van der Waals surface area contributed by atoms with Crippen LogP contribution in [0.15, 0.2) is 5.51 Å². The summed E-state index contributed by atoms with van der Waals surface area (Å²) in [4.78, 5) is 16.3. The number of carbonyl (C=O) groups excluding carboxylic acids is 1. The first kappa shape index (κ1) is 12.1. The van der Waals surface area contributed by atoms with E-state index >= 15 is 0 Å². The van der Waals surface area contributed by atoms with E-state index in [4.69, 9.17) is 0 Å². The molecule has 1 aromatic rings. The normalized spacial score (nSPS) is 10.7. The van der Waals surface area contributed by atoms with Gasteiger partial charge in [0.05, 0.1) is 11.2 Å². The monoisotopic (exact) mass is 227 g/mol. The molecule has 0 saturated heterocycles. The molecule has 0 aliphatic heterocycles. The van der Waals surface area contributed by atoms with Crippen molar-refractivity contribution in [2.75, 3.05) is 13.1 Å². The summed E-state index contributed by atoms with van der Waals surface area (Å²) in [6.07, 6.45) is 0. The van der Waals surface area contributed by atoms with E-state index in [0.717, 1.165) is 12.2 Å². The molecule has 84 valence electrons. The van der Waals surface area contributed by atoms with Gasteiger partial charge in [0.1, 0.15) is 4.88 Å². The highest BCUT2D eigenvalue weighted by Gasteiger charge is 2.10. The van der Waals surface area contributed by atoms with Crippen molar-refractivity contribution < 1.29 is 4.79 Å². The lowest BCUT2D eigenvalue weighted by Crippen LogP contribution is -2.34. The Bertz CT molecular complexity index is 322. The fourth-order valence-corrected chi connectivity index (χ4v) is 1.86. The molecule has 0 aliphatic carbocycles. The molecule has 0 bridgehead atoms. The third kappa shape index (κ3) is 3.97. The summed E-state index contributed by atoms with van der Waals surface area (Å²) in [5.41, 5.74) is 2.49. The first-order chi connectivity index (χ1) is 7.11. The second-order valence-electron chi connectivity index (χ2n) is 3.63. The molecule has 0 saturated carbocycles. The highest BCUT2D eigenvalue weighted by molar-refractivity contribution is 7.11. The number of hydrogen-bond acceptors (Lipinski definition) is 4. The van der Waals surface area contributed by atoms with E-state index in [2.05, 4.69) is 29.5 Å². The Kier molecular flexibility index (Phi) is 4.71. The molecule has 15 heavy (non-hydrogen) atoms. The van der Waals surface area contributed by atoms with E-state index in [9.17, 15) is 4.79 Å². The van der Waals surface area contributed by atoms with Crippen molar-refractivity contribution in [2.45, 2.75) is 26.8 Å². The predicted octanol–water partition coefficient (Wildman–Crippen LogP) is 1.18. The molecule has 4 nitrogen and oxygen atoms in total. The summed E-state index contributed by atoms with van der Waals surface area (Å²) in [6.45, 7) is 7.44. The SMILES string of the molecule is Cc1ncsc1C(=O)NCCNC(C)C. The average Bonchev–Trinajstić information content (AvgIpc) is 2.58. The van der Waals surface area contributed by atoms with Crippen LogP contribution in [-0.2, 0) is 0 Å². The topological polar surface area (TPSA) is 54.0 Å². The zero-order chi connectivity index (χ0) is 11.3. The van der Waals surface area contributed by atoms with Gasteiger partial charge in [-0.1, -0.05) is 13.8 Å². The molecule has 0 atom stereocenters. The van der Waals surface area contributed by atoms with E-state index in [-0.39, 0.29) is 5.91 Å². The number of aromatic nitrogens is 1. The third-order valence-electron chi connectivity index (χ3n) is 1.91. The molecule has 1 heterocycles. The number of thiazole rings is 1. The van der Waals surface area contributed by atoms with Gasteiger partial charge in [0.15, 0.2) is 0 Å². The Morgan fingerprint density at radius 1 is 1.53 bits per heavy atom. The minimum absolute atomic E-state index is 0.0273. The molecule has 0 spiro atoms. The maximum atomic E-state index is 11.6. The van der Waals surface area contributed by atoms with Gasteiger partial charge in [0, 0.05) is 19.1 Å². The van der Waals surface area contributed by atoms with Crippen molar-refractivity contribution in [3.8, 4) is 0 Å². The molecule has 0 unspecified atom stereocenters. The highest BCUT2D eigenvalue weighted by Crippen LogP contribution is 2.10. The summed E-state index contributed by atoms with van der Waals surface area (Å²) in [6, 6.07) is 0.451. The third-order valence-corrected chi connectivity index (χ3v) is 2.84. The number of nitrogens with zero attached hydrogens (tertiary/aromatic N) is 1. The minimum atomic E-state index is -0.0273. The van der Waals surface area contributed by atoms with Crippen LogP contribution in [0.4, 0.5) is 0 Å².